The molecule has 3 heterocycles. The van der Waals surface area contributed by atoms with Crippen molar-refractivity contribution in [3.8, 4) is 11.4 Å². The molecule has 7 heteroatoms. The molecule has 1 unspecified atom stereocenters. The maximum atomic E-state index is 12.6. The Morgan fingerprint density at radius 2 is 1.87 bits per heavy atom. The van der Waals surface area contributed by atoms with Gasteiger partial charge in [0.15, 0.2) is 0 Å². The van der Waals surface area contributed by atoms with E-state index >= 15 is 0 Å². The number of carbonyl (C=O) groups is 1. The van der Waals surface area contributed by atoms with Gasteiger partial charge in [-0.1, -0.05) is 12.1 Å². The minimum absolute atomic E-state index is 0.155. The van der Waals surface area contributed by atoms with Crippen LogP contribution in [0.2, 0.25) is 0 Å². The summed E-state index contributed by atoms with van der Waals surface area (Å²) < 4.78 is 13.1. The van der Waals surface area contributed by atoms with Gasteiger partial charge in [0.25, 0.3) is 5.91 Å². The van der Waals surface area contributed by atoms with E-state index in [9.17, 15) is 4.79 Å². The number of aromatic nitrogens is 2. The fourth-order valence-corrected chi connectivity index (χ4v) is 4.50. The monoisotopic (exact) mass is 420 g/mol. The third kappa shape index (κ3) is 4.03. The highest BCUT2D eigenvalue weighted by atomic mass is 16.5. The van der Waals surface area contributed by atoms with Crippen LogP contribution in [-0.4, -0.2) is 71.3 Å². The number of hydrogen-bond acceptors (Lipinski definition) is 5. The molecule has 0 bridgehead atoms. The molecule has 2 fully saturated rings. The number of para-hydroxylation sites is 2. The van der Waals surface area contributed by atoms with Crippen molar-refractivity contribution in [2.75, 3.05) is 39.9 Å². The lowest BCUT2D eigenvalue weighted by atomic mass is 10.2. The minimum atomic E-state index is -0.231. The van der Waals surface area contributed by atoms with Crippen LogP contribution in [0.4, 0.5) is 0 Å². The normalized spacial score (nSPS) is 19.8. The average Bonchev–Trinajstić information content (AvgIpc) is 3.47. The predicted molar refractivity (Wildman–Crippen MR) is 118 cm³/mol. The highest BCUT2D eigenvalue weighted by Crippen LogP contribution is 2.25. The van der Waals surface area contributed by atoms with E-state index in [2.05, 4.69) is 33.7 Å². The van der Waals surface area contributed by atoms with E-state index < -0.39 is 0 Å². The number of rotatable bonds is 5. The Hall–Kier alpha value is -2.90. The number of amides is 1. The molecule has 0 aliphatic carbocycles. The van der Waals surface area contributed by atoms with E-state index in [0.29, 0.717) is 6.61 Å². The van der Waals surface area contributed by atoms with Crippen LogP contribution in [-0.2, 0) is 16.1 Å². The van der Waals surface area contributed by atoms with Crippen molar-refractivity contribution in [1.29, 1.82) is 0 Å². The smallest absolute Gasteiger partial charge is 0.251 e. The predicted octanol–water partition coefficient (Wildman–Crippen LogP) is 2.86. The standard InChI is InChI=1S/C24H28N4O3/c1-30-19-10-8-18(9-11-19)28-21-6-3-2-5-20(21)25-23(28)17-26-12-14-27(15-13-26)24(29)22-7-4-16-31-22/h2-3,5-6,8-11,22H,4,7,12-17H2,1H3. The van der Waals surface area contributed by atoms with Crippen LogP contribution < -0.4 is 4.74 Å². The summed E-state index contributed by atoms with van der Waals surface area (Å²) in [5.74, 6) is 2.00. The summed E-state index contributed by atoms with van der Waals surface area (Å²) in [5.41, 5.74) is 3.15. The van der Waals surface area contributed by atoms with Crippen LogP contribution in [0.5, 0.6) is 5.75 Å². The van der Waals surface area contributed by atoms with Crippen molar-refractivity contribution in [2.24, 2.45) is 0 Å². The number of nitrogens with zero attached hydrogens (tertiary/aromatic N) is 4. The van der Waals surface area contributed by atoms with Gasteiger partial charge in [-0.05, 0) is 49.2 Å². The number of imidazole rings is 1. The van der Waals surface area contributed by atoms with Crippen LogP contribution >= 0.6 is 0 Å². The fourth-order valence-electron chi connectivity index (χ4n) is 4.50. The summed E-state index contributed by atoms with van der Waals surface area (Å²) in [6, 6.07) is 16.3. The minimum Gasteiger partial charge on any atom is -0.497 e. The van der Waals surface area contributed by atoms with Crippen LogP contribution in [0, 0.1) is 0 Å². The fraction of sp³-hybridized carbons (Fsp3) is 0.417. The molecule has 2 saturated heterocycles. The lowest BCUT2D eigenvalue weighted by Crippen LogP contribution is -2.51. The van der Waals surface area contributed by atoms with Gasteiger partial charge < -0.3 is 14.4 Å². The van der Waals surface area contributed by atoms with Gasteiger partial charge in [0.1, 0.15) is 17.7 Å². The molecule has 0 saturated carbocycles. The van der Waals surface area contributed by atoms with Gasteiger partial charge in [-0.2, -0.15) is 0 Å². The summed E-state index contributed by atoms with van der Waals surface area (Å²) in [7, 11) is 1.68. The SMILES string of the molecule is COc1ccc(-n2c(CN3CCN(C(=O)C4CCCO4)CC3)nc3ccccc32)cc1. The van der Waals surface area contributed by atoms with E-state index in [1.165, 1.54) is 0 Å². The first-order chi connectivity index (χ1) is 15.2. The number of piperazine rings is 1. The van der Waals surface area contributed by atoms with Gasteiger partial charge in [-0.3, -0.25) is 14.3 Å². The van der Waals surface area contributed by atoms with Crippen LogP contribution in [0.1, 0.15) is 18.7 Å². The molecule has 1 atom stereocenters. The topological polar surface area (TPSA) is 59.8 Å². The van der Waals surface area contributed by atoms with Crippen LogP contribution in [0.15, 0.2) is 48.5 Å². The van der Waals surface area contributed by atoms with E-state index in [0.717, 1.165) is 73.9 Å². The van der Waals surface area contributed by atoms with Gasteiger partial charge in [0.2, 0.25) is 0 Å². The number of ether oxygens (including phenoxy) is 2. The molecule has 3 aromatic rings. The summed E-state index contributed by atoms with van der Waals surface area (Å²) in [6.45, 7) is 4.60. The molecule has 0 N–H and O–H groups in total. The number of carbonyl (C=O) groups excluding carboxylic acids is 1. The molecule has 1 amide bonds. The second-order valence-corrected chi connectivity index (χ2v) is 8.15. The molecule has 0 radical (unpaired) electrons. The van der Waals surface area contributed by atoms with E-state index in [1.54, 1.807) is 7.11 Å². The van der Waals surface area contributed by atoms with Crippen molar-refractivity contribution in [1.82, 2.24) is 19.4 Å². The molecule has 1 aromatic heterocycles. The molecule has 5 rings (SSSR count). The zero-order valence-electron chi connectivity index (χ0n) is 17.9. The number of fused-ring (bicyclic) bond motifs is 1. The van der Waals surface area contributed by atoms with Gasteiger partial charge in [-0.15, -0.1) is 0 Å². The third-order valence-corrected chi connectivity index (χ3v) is 6.21. The highest BCUT2D eigenvalue weighted by molar-refractivity contribution is 5.81. The average molecular weight is 421 g/mol. The van der Waals surface area contributed by atoms with Gasteiger partial charge in [0.05, 0.1) is 24.7 Å². The highest BCUT2D eigenvalue weighted by Gasteiger charge is 2.30. The quantitative estimate of drug-likeness (QED) is 0.635. The van der Waals surface area contributed by atoms with Crippen molar-refractivity contribution in [3.63, 3.8) is 0 Å². The Morgan fingerprint density at radius 1 is 1.10 bits per heavy atom. The third-order valence-electron chi connectivity index (χ3n) is 6.21. The van der Waals surface area contributed by atoms with E-state index in [-0.39, 0.29) is 12.0 Å². The van der Waals surface area contributed by atoms with Crippen molar-refractivity contribution >= 4 is 16.9 Å². The molecular weight excluding hydrogens is 392 g/mol. The maximum Gasteiger partial charge on any atom is 0.251 e. The summed E-state index contributed by atoms with van der Waals surface area (Å²) >= 11 is 0. The second kappa shape index (κ2) is 8.69. The zero-order chi connectivity index (χ0) is 21.2. The van der Waals surface area contributed by atoms with Crippen LogP contribution in [0.3, 0.4) is 0 Å². The largest absolute Gasteiger partial charge is 0.497 e. The molecule has 162 valence electrons. The van der Waals surface area contributed by atoms with Crippen molar-refractivity contribution in [2.45, 2.75) is 25.5 Å². The second-order valence-electron chi connectivity index (χ2n) is 8.15. The summed E-state index contributed by atoms with van der Waals surface area (Å²) in [5, 5.41) is 0. The van der Waals surface area contributed by atoms with E-state index in [1.807, 2.05) is 29.2 Å². The van der Waals surface area contributed by atoms with Gasteiger partial charge in [-0.25, -0.2) is 4.98 Å². The lowest BCUT2D eigenvalue weighted by molar-refractivity contribution is -0.142. The summed E-state index contributed by atoms with van der Waals surface area (Å²) in [6.07, 6.45) is 1.61. The van der Waals surface area contributed by atoms with Crippen LogP contribution in [0.25, 0.3) is 16.7 Å². The molecule has 2 aliphatic rings. The first kappa shape index (κ1) is 20.0. The van der Waals surface area contributed by atoms with Gasteiger partial charge in [0, 0.05) is 38.5 Å². The van der Waals surface area contributed by atoms with Crippen molar-refractivity contribution in [3.05, 3.63) is 54.4 Å². The molecule has 2 aliphatic heterocycles. The Morgan fingerprint density at radius 3 is 2.58 bits per heavy atom. The summed E-state index contributed by atoms with van der Waals surface area (Å²) in [4.78, 5) is 21.9. The number of hydrogen-bond donors (Lipinski definition) is 0. The number of benzene rings is 2. The zero-order valence-corrected chi connectivity index (χ0v) is 17.9. The lowest BCUT2D eigenvalue weighted by Gasteiger charge is -2.35. The Kier molecular flexibility index (Phi) is 5.61. The maximum absolute atomic E-state index is 12.6. The Bertz CT molecular complexity index is 1050. The first-order valence-electron chi connectivity index (χ1n) is 11.0. The molecular formula is C24H28N4O3. The van der Waals surface area contributed by atoms with E-state index in [4.69, 9.17) is 14.5 Å². The van der Waals surface area contributed by atoms with Crippen molar-refractivity contribution < 1.29 is 14.3 Å². The Labute approximate surface area is 182 Å². The molecule has 31 heavy (non-hydrogen) atoms. The number of methoxy groups -OCH3 is 1. The Balaban J connectivity index is 1.34. The van der Waals surface area contributed by atoms with Gasteiger partial charge >= 0.3 is 0 Å². The molecule has 2 aromatic carbocycles. The molecule has 0 spiro atoms. The first-order valence-corrected chi connectivity index (χ1v) is 11.0. The molecule has 7 nitrogen and oxygen atoms in total.